The second kappa shape index (κ2) is 5.29. The molecule has 0 amide bonds. The van der Waals surface area contributed by atoms with E-state index in [0.717, 1.165) is 51.2 Å². The average Bonchev–Trinajstić information content (AvgIpc) is 2.83. The molecule has 0 heterocycles. The summed E-state index contributed by atoms with van der Waals surface area (Å²) >= 11 is 0. The van der Waals surface area contributed by atoms with E-state index in [0.29, 0.717) is 23.7 Å². The molecule has 0 aliphatic heterocycles. The van der Waals surface area contributed by atoms with E-state index in [1.807, 2.05) is 0 Å². The highest BCUT2D eigenvalue weighted by Gasteiger charge is 2.61. The van der Waals surface area contributed by atoms with Crippen LogP contribution in [0.4, 0.5) is 0 Å². The maximum atomic E-state index is 11.2. The monoisotopic (exact) mass is 320 g/mol. The Balaban J connectivity index is 1.65. The topological polar surface area (TPSA) is 57.5 Å². The summed E-state index contributed by atoms with van der Waals surface area (Å²) in [5.41, 5.74) is 0.265. The van der Waals surface area contributed by atoms with Gasteiger partial charge in [-0.2, -0.15) is 0 Å². The molecule has 3 unspecified atom stereocenters. The van der Waals surface area contributed by atoms with Gasteiger partial charge in [0.05, 0.1) is 12.2 Å². The predicted octanol–water partition coefficient (Wildman–Crippen LogP) is 3.18. The van der Waals surface area contributed by atoms with E-state index in [-0.39, 0.29) is 29.0 Å². The van der Waals surface area contributed by atoms with Gasteiger partial charge in [0.1, 0.15) is 6.29 Å². The molecule has 4 fully saturated rings. The number of hydrogen-bond donors (Lipinski definition) is 2. The Hall–Kier alpha value is -0.410. The summed E-state index contributed by atoms with van der Waals surface area (Å²) in [6.07, 6.45) is 8.96. The van der Waals surface area contributed by atoms with Gasteiger partial charge in [-0.15, -0.1) is 0 Å². The van der Waals surface area contributed by atoms with Crippen molar-refractivity contribution in [2.45, 2.75) is 77.4 Å². The molecule has 3 heteroatoms. The van der Waals surface area contributed by atoms with Gasteiger partial charge in [0.2, 0.25) is 0 Å². The predicted molar refractivity (Wildman–Crippen MR) is 88.7 cm³/mol. The zero-order valence-electron chi connectivity index (χ0n) is 14.6. The number of aliphatic hydroxyl groups is 2. The van der Waals surface area contributed by atoms with Gasteiger partial charge in [0.15, 0.2) is 0 Å². The molecule has 0 spiro atoms. The highest BCUT2D eigenvalue weighted by molar-refractivity contribution is 5.53. The molecule has 0 aromatic heterocycles. The standard InChI is InChI=1S/C20H32O3/c1-19-7-5-12(11-21)9-16(19)17(22)10-13-14-3-4-18(23)20(14,2)8-6-15(13)19/h11-18,22-23H,3-10H2,1-2H3/t12-,13?,14?,15?,16+,17-,18-,19+,20-/m0/s1. The molecule has 3 nitrogen and oxygen atoms in total. The summed E-state index contributed by atoms with van der Waals surface area (Å²) < 4.78 is 0. The van der Waals surface area contributed by atoms with Gasteiger partial charge in [-0.05, 0) is 85.9 Å². The van der Waals surface area contributed by atoms with Crippen LogP contribution in [0.15, 0.2) is 0 Å². The molecule has 23 heavy (non-hydrogen) atoms. The van der Waals surface area contributed by atoms with Crippen LogP contribution in [-0.4, -0.2) is 28.7 Å². The molecule has 0 aromatic carbocycles. The number of aliphatic hydroxyl groups excluding tert-OH is 2. The van der Waals surface area contributed by atoms with Crippen LogP contribution in [0.25, 0.3) is 0 Å². The molecule has 0 saturated heterocycles. The molecule has 4 saturated carbocycles. The minimum atomic E-state index is -0.260. The summed E-state index contributed by atoms with van der Waals surface area (Å²) in [4.78, 5) is 11.2. The number of carbonyl (C=O) groups excluding carboxylic acids is 1. The SMILES string of the molecule is C[C@]12CCC3C(C[C@H](O)[C@H]4C[C@@H](C=O)CC[C@]34C)C1CC[C@@H]2O. The minimum absolute atomic E-state index is 0.0735. The van der Waals surface area contributed by atoms with Crippen molar-refractivity contribution >= 4 is 6.29 Å². The van der Waals surface area contributed by atoms with Crippen molar-refractivity contribution < 1.29 is 15.0 Å². The number of fused-ring (bicyclic) bond motifs is 5. The van der Waals surface area contributed by atoms with Gasteiger partial charge in [0, 0.05) is 5.92 Å². The molecule has 0 radical (unpaired) electrons. The lowest BCUT2D eigenvalue weighted by Crippen LogP contribution is -2.58. The normalized spacial score (nSPS) is 58.9. The lowest BCUT2D eigenvalue weighted by atomic mass is 9.44. The maximum Gasteiger partial charge on any atom is 0.123 e. The van der Waals surface area contributed by atoms with Gasteiger partial charge >= 0.3 is 0 Å². The van der Waals surface area contributed by atoms with Crippen molar-refractivity contribution in [3.05, 3.63) is 0 Å². The van der Waals surface area contributed by atoms with Crippen molar-refractivity contribution in [3.8, 4) is 0 Å². The van der Waals surface area contributed by atoms with Crippen LogP contribution in [0.5, 0.6) is 0 Å². The van der Waals surface area contributed by atoms with Crippen LogP contribution in [0, 0.1) is 40.4 Å². The van der Waals surface area contributed by atoms with E-state index in [4.69, 9.17) is 0 Å². The van der Waals surface area contributed by atoms with E-state index in [1.165, 1.54) is 6.42 Å². The third-order valence-electron chi connectivity index (χ3n) is 8.86. The summed E-state index contributed by atoms with van der Waals surface area (Å²) in [6, 6.07) is 0. The van der Waals surface area contributed by atoms with Crippen LogP contribution in [-0.2, 0) is 4.79 Å². The van der Waals surface area contributed by atoms with Crippen LogP contribution in [0.2, 0.25) is 0 Å². The fourth-order valence-corrected chi connectivity index (χ4v) is 7.43. The molecule has 0 aromatic rings. The Bertz CT molecular complexity index is 491. The van der Waals surface area contributed by atoms with Crippen molar-refractivity contribution in [1.82, 2.24) is 0 Å². The third kappa shape index (κ3) is 2.12. The van der Waals surface area contributed by atoms with Gasteiger partial charge in [0.25, 0.3) is 0 Å². The number of rotatable bonds is 1. The summed E-state index contributed by atoms with van der Waals surface area (Å²) in [5.74, 6) is 2.26. The summed E-state index contributed by atoms with van der Waals surface area (Å²) in [7, 11) is 0. The van der Waals surface area contributed by atoms with Crippen molar-refractivity contribution in [1.29, 1.82) is 0 Å². The fourth-order valence-electron chi connectivity index (χ4n) is 7.43. The second-order valence-corrected chi connectivity index (χ2v) is 9.60. The number of carbonyl (C=O) groups is 1. The first kappa shape index (κ1) is 16.1. The van der Waals surface area contributed by atoms with Gasteiger partial charge in [-0.25, -0.2) is 0 Å². The van der Waals surface area contributed by atoms with Crippen LogP contribution in [0.3, 0.4) is 0 Å². The first-order valence-corrected chi connectivity index (χ1v) is 9.71. The molecular formula is C20H32O3. The minimum Gasteiger partial charge on any atom is -0.393 e. The fraction of sp³-hybridized carbons (Fsp3) is 0.950. The molecule has 4 rings (SSSR count). The van der Waals surface area contributed by atoms with Crippen molar-refractivity contribution in [3.63, 3.8) is 0 Å². The van der Waals surface area contributed by atoms with Crippen LogP contribution in [0.1, 0.15) is 65.2 Å². The molecule has 4 aliphatic rings. The van der Waals surface area contributed by atoms with E-state index in [9.17, 15) is 15.0 Å². The van der Waals surface area contributed by atoms with Gasteiger partial charge in [-0.1, -0.05) is 13.8 Å². The lowest BCUT2D eigenvalue weighted by Gasteiger charge is -2.61. The zero-order chi connectivity index (χ0) is 16.4. The highest BCUT2D eigenvalue weighted by Crippen LogP contribution is 2.66. The maximum absolute atomic E-state index is 11.2. The van der Waals surface area contributed by atoms with Crippen molar-refractivity contribution in [2.24, 2.45) is 40.4 Å². The number of aldehydes is 1. The summed E-state index contributed by atoms with van der Waals surface area (Å²) in [5, 5.41) is 21.4. The molecule has 4 aliphatic carbocycles. The molecule has 2 N–H and O–H groups in total. The van der Waals surface area contributed by atoms with E-state index in [2.05, 4.69) is 13.8 Å². The quantitative estimate of drug-likeness (QED) is 0.730. The Morgan fingerprint density at radius 1 is 0.870 bits per heavy atom. The third-order valence-corrected chi connectivity index (χ3v) is 8.86. The van der Waals surface area contributed by atoms with Crippen LogP contribution >= 0.6 is 0 Å². The molecule has 0 bridgehead atoms. The van der Waals surface area contributed by atoms with Crippen molar-refractivity contribution in [2.75, 3.05) is 0 Å². The van der Waals surface area contributed by atoms with E-state index >= 15 is 0 Å². The Morgan fingerprint density at radius 2 is 1.57 bits per heavy atom. The van der Waals surface area contributed by atoms with Crippen LogP contribution < -0.4 is 0 Å². The van der Waals surface area contributed by atoms with Gasteiger partial charge in [-0.3, -0.25) is 0 Å². The smallest absolute Gasteiger partial charge is 0.123 e. The molecule has 9 atom stereocenters. The Kier molecular flexibility index (Phi) is 3.70. The lowest BCUT2D eigenvalue weighted by molar-refractivity contribution is -0.168. The highest BCUT2D eigenvalue weighted by atomic mass is 16.3. The largest absolute Gasteiger partial charge is 0.393 e. The average molecular weight is 320 g/mol. The van der Waals surface area contributed by atoms with Gasteiger partial charge < -0.3 is 15.0 Å². The summed E-state index contributed by atoms with van der Waals surface area (Å²) in [6.45, 7) is 4.68. The second-order valence-electron chi connectivity index (χ2n) is 9.60. The first-order valence-electron chi connectivity index (χ1n) is 9.71. The first-order chi connectivity index (χ1) is 10.9. The van der Waals surface area contributed by atoms with E-state index in [1.54, 1.807) is 0 Å². The number of hydrogen-bond acceptors (Lipinski definition) is 3. The van der Waals surface area contributed by atoms with E-state index < -0.39 is 0 Å². The Labute approximate surface area is 139 Å². The zero-order valence-corrected chi connectivity index (χ0v) is 14.6. The molecule has 130 valence electrons. The molecular weight excluding hydrogens is 288 g/mol. The Morgan fingerprint density at radius 3 is 2.30 bits per heavy atom.